The van der Waals surface area contributed by atoms with Crippen molar-refractivity contribution in [3.05, 3.63) is 121 Å². The molecule has 0 unspecified atom stereocenters. The number of methoxy groups -OCH3 is 2. The largest absolute Gasteiger partial charge is 0.493 e. The topological polar surface area (TPSA) is 117 Å². The molecule has 1 aliphatic heterocycles. The lowest BCUT2D eigenvalue weighted by atomic mass is 9.71. The van der Waals surface area contributed by atoms with Gasteiger partial charge in [0.15, 0.2) is 17.3 Å². The molecule has 216 valence electrons. The van der Waals surface area contributed by atoms with Crippen molar-refractivity contribution >= 4 is 29.0 Å². The van der Waals surface area contributed by atoms with E-state index in [1.165, 1.54) is 12.1 Å². The third kappa shape index (κ3) is 5.60. The fourth-order valence-corrected chi connectivity index (χ4v) is 5.82. The van der Waals surface area contributed by atoms with Crippen LogP contribution in [-0.2, 0) is 20.9 Å². The zero-order chi connectivity index (χ0) is 30.0. The van der Waals surface area contributed by atoms with Crippen molar-refractivity contribution < 1.29 is 28.7 Å². The number of nitro benzene ring substituents is 1. The predicted octanol–water partition coefficient (Wildman–Crippen LogP) is 6.37. The number of hydrogen-bond acceptors (Lipinski definition) is 8. The van der Waals surface area contributed by atoms with Gasteiger partial charge in [-0.1, -0.05) is 54.1 Å². The van der Waals surface area contributed by atoms with E-state index in [-0.39, 0.29) is 41.0 Å². The lowest BCUT2D eigenvalue weighted by Gasteiger charge is -2.36. The van der Waals surface area contributed by atoms with Gasteiger partial charge in [-0.25, -0.2) is 4.79 Å². The number of carbonyl (C=O) groups excluding carboxylic acids is 2. The van der Waals surface area contributed by atoms with Crippen LogP contribution in [-0.4, -0.2) is 30.9 Å². The average Bonchev–Trinajstić information content (AvgIpc) is 2.99. The van der Waals surface area contributed by atoms with E-state index in [2.05, 4.69) is 5.32 Å². The molecule has 1 N–H and O–H groups in total. The monoisotopic (exact) mass is 588 g/mol. The van der Waals surface area contributed by atoms with Crippen LogP contribution in [0.2, 0.25) is 5.02 Å². The van der Waals surface area contributed by atoms with Crippen LogP contribution < -0.4 is 14.8 Å². The van der Waals surface area contributed by atoms with Crippen LogP contribution in [0.15, 0.2) is 89.3 Å². The maximum absolute atomic E-state index is 13.9. The number of halogens is 1. The lowest BCUT2D eigenvalue weighted by Crippen LogP contribution is -2.36. The summed E-state index contributed by atoms with van der Waals surface area (Å²) in [6.45, 7) is 1.77. The minimum Gasteiger partial charge on any atom is -0.493 e. The number of nitrogens with zero attached hydrogens (tertiary/aromatic N) is 1. The Morgan fingerprint density at radius 2 is 1.71 bits per heavy atom. The summed E-state index contributed by atoms with van der Waals surface area (Å²) >= 11 is 6.12. The van der Waals surface area contributed by atoms with Crippen molar-refractivity contribution in [2.24, 2.45) is 0 Å². The number of hydrogen-bond donors (Lipinski definition) is 1. The van der Waals surface area contributed by atoms with E-state index in [0.29, 0.717) is 40.5 Å². The van der Waals surface area contributed by atoms with E-state index in [0.717, 1.165) is 11.1 Å². The summed E-state index contributed by atoms with van der Waals surface area (Å²) in [5, 5.41) is 15.0. The Bertz CT molecular complexity index is 1630. The summed E-state index contributed by atoms with van der Waals surface area (Å²) in [5.74, 6) is -0.687. The molecular weight excluding hydrogens is 560 g/mol. The number of carbonyl (C=O) groups is 2. The molecule has 10 heteroatoms. The quantitative estimate of drug-likeness (QED) is 0.183. The summed E-state index contributed by atoms with van der Waals surface area (Å²) in [6.07, 6.45) is 0.653. The van der Waals surface area contributed by atoms with Crippen LogP contribution >= 0.6 is 11.6 Å². The van der Waals surface area contributed by atoms with Gasteiger partial charge in [-0.05, 0) is 54.2 Å². The van der Waals surface area contributed by atoms with Gasteiger partial charge >= 0.3 is 5.97 Å². The maximum Gasteiger partial charge on any atom is 0.337 e. The highest BCUT2D eigenvalue weighted by Gasteiger charge is 2.42. The van der Waals surface area contributed by atoms with Crippen molar-refractivity contribution in [2.75, 3.05) is 14.2 Å². The minimum absolute atomic E-state index is 0.0329. The summed E-state index contributed by atoms with van der Waals surface area (Å²) < 4.78 is 16.5. The van der Waals surface area contributed by atoms with E-state index in [4.69, 9.17) is 25.8 Å². The summed E-state index contributed by atoms with van der Waals surface area (Å²) in [4.78, 5) is 38.7. The second kappa shape index (κ2) is 12.1. The highest BCUT2D eigenvalue weighted by Crippen LogP contribution is 2.47. The normalized spacial score (nSPS) is 18.2. The first-order valence-corrected chi connectivity index (χ1v) is 13.7. The van der Waals surface area contributed by atoms with Gasteiger partial charge in [0.2, 0.25) is 0 Å². The molecule has 42 heavy (non-hydrogen) atoms. The number of ketones is 1. The first-order valence-electron chi connectivity index (χ1n) is 13.3. The first-order chi connectivity index (χ1) is 20.2. The van der Waals surface area contributed by atoms with Gasteiger partial charge in [0.1, 0.15) is 11.6 Å². The SMILES string of the molecule is COc1ccc([C@@H]2CC(=O)C3=C(C2)NC(C)=C(C(=O)OCc2ccccc2)[C@@H]3c2ccc(Cl)c([N+](=O)[O-])c2)cc1OC. The number of rotatable bonds is 8. The predicted molar refractivity (Wildman–Crippen MR) is 156 cm³/mol. The molecule has 0 aromatic heterocycles. The smallest absolute Gasteiger partial charge is 0.337 e. The number of ether oxygens (including phenoxy) is 3. The Morgan fingerprint density at radius 3 is 2.40 bits per heavy atom. The molecule has 0 saturated heterocycles. The second-order valence-electron chi connectivity index (χ2n) is 10.2. The van der Waals surface area contributed by atoms with Gasteiger partial charge < -0.3 is 19.5 Å². The Labute approximate surface area is 247 Å². The van der Waals surface area contributed by atoms with Crippen molar-refractivity contribution in [1.29, 1.82) is 0 Å². The van der Waals surface area contributed by atoms with E-state index in [9.17, 15) is 19.7 Å². The third-order valence-corrected chi connectivity index (χ3v) is 7.96. The fourth-order valence-electron chi connectivity index (χ4n) is 5.64. The number of dihydropyridines is 1. The summed E-state index contributed by atoms with van der Waals surface area (Å²) in [5.41, 5.74) is 3.58. The number of nitrogens with one attached hydrogen (secondary N) is 1. The van der Waals surface area contributed by atoms with E-state index in [1.807, 2.05) is 42.5 Å². The Morgan fingerprint density at radius 1 is 1.00 bits per heavy atom. The van der Waals surface area contributed by atoms with Crippen LogP contribution in [0.1, 0.15) is 48.3 Å². The van der Waals surface area contributed by atoms with E-state index in [1.54, 1.807) is 33.3 Å². The van der Waals surface area contributed by atoms with Gasteiger partial charge in [0, 0.05) is 35.4 Å². The summed E-state index contributed by atoms with van der Waals surface area (Å²) in [6, 6.07) is 19.2. The Hall–Kier alpha value is -4.63. The molecule has 0 fully saturated rings. The van der Waals surface area contributed by atoms with Crippen LogP contribution in [0.3, 0.4) is 0 Å². The molecule has 3 aromatic carbocycles. The number of nitro groups is 1. The molecular formula is C32H29ClN2O7. The van der Waals surface area contributed by atoms with Crippen molar-refractivity contribution in [1.82, 2.24) is 5.32 Å². The Kier molecular flexibility index (Phi) is 8.31. The molecule has 5 rings (SSSR count). The summed E-state index contributed by atoms with van der Waals surface area (Å²) in [7, 11) is 3.11. The van der Waals surface area contributed by atoms with Crippen LogP contribution in [0.25, 0.3) is 0 Å². The Balaban J connectivity index is 1.56. The number of allylic oxidation sites excluding steroid dienone is 3. The molecule has 2 aliphatic rings. The van der Waals surface area contributed by atoms with Gasteiger partial charge in [0.05, 0.1) is 24.7 Å². The van der Waals surface area contributed by atoms with Gasteiger partial charge in [-0.3, -0.25) is 14.9 Å². The molecule has 0 saturated carbocycles. The fraction of sp³-hybridized carbons (Fsp3) is 0.250. The molecule has 1 aliphatic carbocycles. The van der Waals surface area contributed by atoms with Crippen LogP contribution in [0, 0.1) is 10.1 Å². The van der Waals surface area contributed by atoms with Crippen molar-refractivity contribution in [2.45, 2.75) is 38.2 Å². The average molecular weight is 589 g/mol. The molecule has 0 bridgehead atoms. The number of Topliss-reactive ketones (excluding diaryl/α,β-unsaturated/α-hetero) is 1. The van der Waals surface area contributed by atoms with Gasteiger partial charge in [-0.2, -0.15) is 0 Å². The molecule has 9 nitrogen and oxygen atoms in total. The first kappa shape index (κ1) is 28.9. The third-order valence-electron chi connectivity index (χ3n) is 7.64. The minimum atomic E-state index is -0.876. The zero-order valence-corrected chi connectivity index (χ0v) is 24.1. The van der Waals surface area contributed by atoms with E-state index < -0.39 is 16.8 Å². The maximum atomic E-state index is 13.9. The van der Waals surface area contributed by atoms with Gasteiger partial charge in [0.25, 0.3) is 5.69 Å². The number of esters is 1. The lowest BCUT2D eigenvalue weighted by molar-refractivity contribution is -0.384. The molecule has 1 heterocycles. The number of benzene rings is 3. The second-order valence-corrected chi connectivity index (χ2v) is 10.6. The van der Waals surface area contributed by atoms with Crippen molar-refractivity contribution in [3.8, 4) is 11.5 Å². The van der Waals surface area contributed by atoms with Crippen LogP contribution in [0.4, 0.5) is 5.69 Å². The van der Waals surface area contributed by atoms with Crippen LogP contribution in [0.5, 0.6) is 11.5 Å². The molecule has 3 aromatic rings. The molecule has 0 radical (unpaired) electrons. The molecule has 0 spiro atoms. The molecule has 2 atom stereocenters. The van der Waals surface area contributed by atoms with E-state index >= 15 is 0 Å². The standard InChI is InChI=1S/C32H29ClN2O7/c1-18-29(32(37)42-17-19-7-5-4-6-8-19)30(21-9-11-23(33)25(14-21)35(38)39)31-24(34-18)13-22(15-26(31)36)20-10-12-27(40-2)28(16-20)41-3/h4-12,14,16,22,30,34H,13,15,17H2,1-3H3/t22-,30-/m0/s1. The highest BCUT2D eigenvalue weighted by molar-refractivity contribution is 6.32. The highest BCUT2D eigenvalue weighted by atomic mass is 35.5. The molecule has 0 amide bonds. The zero-order valence-electron chi connectivity index (χ0n) is 23.3. The van der Waals surface area contributed by atoms with Gasteiger partial charge in [-0.15, -0.1) is 0 Å². The van der Waals surface area contributed by atoms with Crippen molar-refractivity contribution in [3.63, 3.8) is 0 Å².